The molecule has 4 amide bonds. The highest BCUT2D eigenvalue weighted by molar-refractivity contribution is 6.01. The molecule has 0 heterocycles. The molecule has 0 spiro atoms. The fourth-order valence-electron chi connectivity index (χ4n) is 4.73. The molecular formula is C33H43N5O9. The number of aliphatic imine (C=N–C) groups is 1. The zero-order chi connectivity index (χ0) is 34.8. The monoisotopic (exact) mass is 653 g/mol. The molecule has 254 valence electrons. The van der Waals surface area contributed by atoms with Crippen LogP contribution in [0.2, 0.25) is 0 Å². The van der Waals surface area contributed by atoms with Crippen LogP contribution in [-0.4, -0.2) is 90.1 Å². The molecule has 47 heavy (non-hydrogen) atoms. The van der Waals surface area contributed by atoms with E-state index in [0.717, 1.165) is 27.2 Å². The smallest absolute Gasteiger partial charge is 0.414 e. The first kappa shape index (κ1) is 36.3. The number of rotatable bonds is 10. The number of amides is 4. The molecule has 0 saturated heterocycles. The summed E-state index contributed by atoms with van der Waals surface area (Å²) in [6, 6.07) is 15.9. The van der Waals surface area contributed by atoms with Crippen molar-refractivity contribution in [2.75, 3.05) is 32.8 Å². The van der Waals surface area contributed by atoms with Crippen molar-refractivity contribution >= 4 is 36.1 Å². The first-order chi connectivity index (χ1) is 22.0. The van der Waals surface area contributed by atoms with Gasteiger partial charge in [-0.3, -0.25) is 25.2 Å². The Morgan fingerprint density at radius 3 is 1.81 bits per heavy atom. The van der Waals surface area contributed by atoms with Gasteiger partial charge in [0.05, 0.1) is 6.54 Å². The Kier molecular flexibility index (Phi) is 12.3. The maximum atomic E-state index is 12.9. The van der Waals surface area contributed by atoms with Crippen molar-refractivity contribution in [3.8, 4) is 11.1 Å². The van der Waals surface area contributed by atoms with Gasteiger partial charge in [-0.2, -0.15) is 0 Å². The summed E-state index contributed by atoms with van der Waals surface area (Å²) in [5, 5.41) is 16.5. The molecule has 0 bridgehead atoms. The Morgan fingerprint density at radius 2 is 1.32 bits per heavy atom. The third-order valence-electron chi connectivity index (χ3n) is 6.51. The molecule has 0 atom stereocenters. The van der Waals surface area contributed by atoms with Gasteiger partial charge in [0.15, 0.2) is 0 Å². The number of aliphatic carboxylic acids is 1. The van der Waals surface area contributed by atoms with E-state index in [9.17, 15) is 29.1 Å². The van der Waals surface area contributed by atoms with Crippen LogP contribution in [0.4, 0.5) is 14.4 Å². The number of hydrogen-bond acceptors (Lipinski definition) is 9. The van der Waals surface area contributed by atoms with Gasteiger partial charge < -0.3 is 29.5 Å². The number of ether oxygens (including phenoxy) is 3. The number of carbonyl (C=O) groups is 5. The van der Waals surface area contributed by atoms with E-state index in [-0.39, 0.29) is 44.5 Å². The first-order valence-electron chi connectivity index (χ1n) is 15.2. The van der Waals surface area contributed by atoms with Crippen LogP contribution in [0.15, 0.2) is 53.5 Å². The van der Waals surface area contributed by atoms with Crippen LogP contribution in [0, 0.1) is 0 Å². The van der Waals surface area contributed by atoms with Gasteiger partial charge in [-0.25, -0.2) is 14.4 Å². The molecule has 2 aromatic carbocycles. The lowest BCUT2D eigenvalue weighted by Gasteiger charge is -2.22. The molecule has 0 aliphatic heterocycles. The maximum absolute atomic E-state index is 12.9. The third-order valence-corrected chi connectivity index (χ3v) is 6.51. The molecule has 0 radical (unpaired) electrons. The zero-order valence-electron chi connectivity index (χ0n) is 27.5. The molecule has 0 saturated carbocycles. The Bertz CT molecular complexity index is 1420. The Balaban J connectivity index is 1.54. The van der Waals surface area contributed by atoms with Crippen molar-refractivity contribution < 1.29 is 43.3 Å². The summed E-state index contributed by atoms with van der Waals surface area (Å²) in [4.78, 5) is 66.6. The number of benzene rings is 2. The number of alkyl carbamates (subject to hydrolysis) is 3. The summed E-state index contributed by atoms with van der Waals surface area (Å²) in [5.74, 6) is -2.28. The highest BCUT2D eigenvalue weighted by Gasteiger charge is 2.29. The quantitative estimate of drug-likeness (QED) is 0.165. The van der Waals surface area contributed by atoms with Crippen LogP contribution in [0.1, 0.15) is 65.0 Å². The van der Waals surface area contributed by atoms with Gasteiger partial charge in [-0.15, -0.1) is 0 Å². The lowest BCUT2D eigenvalue weighted by molar-refractivity contribution is -0.144. The Hall–Kier alpha value is -5.14. The van der Waals surface area contributed by atoms with Crippen LogP contribution < -0.4 is 16.0 Å². The summed E-state index contributed by atoms with van der Waals surface area (Å²) in [6.45, 7) is 9.02. The Morgan fingerprint density at radius 1 is 0.809 bits per heavy atom. The second-order valence-corrected chi connectivity index (χ2v) is 12.7. The van der Waals surface area contributed by atoms with Crippen LogP contribution in [0.5, 0.6) is 0 Å². The van der Waals surface area contributed by atoms with E-state index in [0.29, 0.717) is 0 Å². The highest BCUT2D eigenvalue weighted by atomic mass is 16.6. The van der Waals surface area contributed by atoms with E-state index >= 15 is 0 Å². The van der Waals surface area contributed by atoms with Crippen molar-refractivity contribution in [3.05, 3.63) is 59.7 Å². The minimum atomic E-state index is -1.25. The van der Waals surface area contributed by atoms with E-state index in [1.807, 2.05) is 48.5 Å². The van der Waals surface area contributed by atoms with Gasteiger partial charge in [0.25, 0.3) is 0 Å². The number of nitrogens with one attached hydrogen (secondary N) is 3. The minimum absolute atomic E-state index is 0.0649. The molecule has 0 unspecified atom stereocenters. The van der Waals surface area contributed by atoms with Gasteiger partial charge in [-0.05, 0) is 63.8 Å². The summed E-state index contributed by atoms with van der Waals surface area (Å²) < 4.78 is 15.9. The largest absolute Gasteiger partial charge is 0.480 e. The average molecular weight is 654 g/mol. The molecule has 1 aliphatic rings. The lowest BCUT2D eigenvalue weighted by Crippen LogP contribution is -2.47. The van der Waals surface area contributed by atoms with E-state index in [4.69, 9.17) is 14.2 Å². The van der Waals surface area contributed by atoms with Gasteiger partial charge >= 0.3 is 24.2 Å². The number of carboxylic acid groups (broad SMARTS) is 1. The SMILES string of the molecule is CC(C)(C)OC(=O)NC(=NCCC(=O)N(CCNC(=O)OCC1c2ccccc2-c2ccccc21)CC(=O)O)NC(=O)OC(C)(C)C. The summed E-state index contributed by atoms with van der Waals surface area (Å²) in [5.41, 5.74) is 2.65. The molecule has 0 aromatic heterocycles. The molecule has 1 aliphatic carbocycles. The summed E-state index contributed by atoms with van der Waals surface area (Å²) in [6.07, 6.45) is -2.77. The molecule has 0 fully saturated rings. The molecule has 14 heteroatoms. The number of nitrogens with zero attached hydrogens (tertiary/aromatic N) is 2. The average Bonchev–Trinajstić information content (AvgIpc) is 3.26. The van der Waals surface area contributed by atoms with E-state index < -0.39 is 47.9 Å². The van der Waals surface area contributed by atoms with Crippen LogP contribution in [-0.2, 0) is 23.8 Å². The molecular weight excluding hydrogens is 610 g/mol. The van der Waals surface area contributed by atoms with Gasteiger partial charge in [-0.1, -0.05) is 48.5 Å². The Labute approximate surface area is 273 Å². The second kappa shape index (κ2) is 15.9. The minimum Gasteiger partial charge on any atom is -0.480 e. The van der Waals surface area contributed by atoms with Gasteiger partial charge in [0.2, 0.25) is 11.9 Å². The van der Waals surface area contributed by atoms with Crippen LogP contribution in [0.25, 0.3) is 11.1 Å². The summed E-state index contributed by atoms with van der Waals surface area (Å²) in [7, 11) is 0. The number of guanidine groups is 1. The fraction of sp³-hybridized carbons (Fsp3) is 0.455. The standard InChI is InChI=1S/C33H43N5O9/c1-32(2,3)46-30(43)36-28(37-31(44)47-33(4,5)6)34-16-15-26(39)38(19-27(40)41)18-17-35-29(42)45-20-25-23-13-9-7-11-21(23)22-12-8-10-14-24(22)25/h7-14,25H,15-20H2,1-6H3,(H,35,42)(H,40,41)(H2,34,36,37,43,44). The number of fused-ring (bicyclic) bond motifs is 3. The molecule has 14 nitrogen and oxygen atoms in total. The topological polar surface area (TPSA) is 185 Å². The van der Waals surface area contributed by atoms with Crippen molar-refractivity contribution in [2.45, 2.75) is 65.1 Å². The predicted octanol–water partition coefficient (Wildman–Crippen LogP) is 4.23. The van der Waals surface area contributed by atoms with Crippen molar-refractivity contribution in [1.29, 1.82) is 0 Å². The predicted molar refractivity (Wildman–Crippen MR) is 173 cm³/mol. The van der Waals surface area contributed by atoms with E-state index in [1.54, 1.807) is 41.5 Å². The summed E-state index contributed by atoms with van der Waals surface area (Å²) >= 11 is 0. The van der Waals surface area contributed by atoms with Crippen LogP contribution in [0.3, 0.4) is 0 Å². The normalized spacial score (nSPS) is 12.1. The third kappa shape index (κ3) is 11.9. The highest BCUT2D eigenvalue weighted by Crippen LogP contribution is 2.44. The lowest BCUT2D eigenvalue weighted by atomic mass is 9.98. The molecule has 3 rings (SSSR count). The van der Waals surface area contributed by atoms with Crippen molar-refractivity contribution in [2.24, 2.45) is 4.99 Å². The van der Waals surface area contributed by atoms with Crippen LogP contribution >= 0.6 is 0 Å². The van der Waals surface area contributed by atoms with Gasteiger partial charge in [0, 0.05) is 25.4 Å². The number of carbonyl (C=O) groups excluding carboxylic acids is 4. The first-order valence-corrected chi connectivity index (χ1v) is 15.2. The maximum Gasteiger partial charge on any atom is 0.414 e. The van der Waals surface area contributed by atoms with Crippen molar-refractivity contribution in [1.82, 2.24) is 20.9 Å². The fourth-order valence-corrected chi connectivity index (χ4v) is 4.73. The molecule has 2 aromatic rings. The molecule has 4 N–H and O–H groups in total. The van der Waals surface area contributed by atoms with Gasteiger partial charge in [0.1, 0.15) is 24.4 Å². The van der Waals surface area contributed by atoms with E-state index in [2.05, 4.69) is 20.9 Å². The zero-order valence-corrected chi connectivity index (χ0v) is 27.5. The van der Waals surface area contributed by atoms with Crippen molar-refractivity contribution in [3.63, 3.8) is 0 Å². The number of hydrogen-bond donors (Lipinski definition) is 4. The van der Waals surface area contributed by atoms with E-state index in [1.165, 1.54) is 0 Å². The second-order valence-electron chi connectivity index (χ2n) is 12.7. The number of carboxylic acids is 1.